The Morgan fingerprint density at radius 3 is 2.61 bits per heavy atom. The predicted octanol–water partition coefficient (Wildman–Crippen LogP) is 6.50. The van der Waals surface area contributed by atoms with Crippen molar-refractivity contribution >= 4 is 39.2 Å². The summed E-state index contributed by atoms with van der Waals surface area (Å²) < 4.78 is 6.64. The van der Waals surface area contributed by atoms with E-state index in [9.17, 15) is 15.0 Å². The lowest BCUT2D eigenvalue weighted by Gasteiger charge is -2.38. The van der Waals surface area contributed by atoms with Gasteiger partial charge in [0.2, 0.25) is 0 Å². The van der Waals surface area contributed by atoms with E-state index in [-0.39, 0.29) is 39.0 Å². The van der Waals surface area contributed by atoms with Crippen LogP contribution >= 0.6 is 27.5 Å². The Balaban J connectivity index is 1.44. The molecular formula is C24H27BrClNO4. The van der Waals surface area contributed by atoms with Crippen molar-refractivity contribution in [2.24, 2.45) is 16.7 Å². The maximum atomic E-state index is 12.8. The summed E-state index contributed by atoms with van der Waals surface area (Å²) in [6.07, 6.45) is 3.00. The van der Waals surface area contributed by atoms with Crippen LogP contribution in [0.3, 0.4) is 0 Å². The van der Waals surface area contributed by atoms with Gasteiger partial charge in [0.25, 0.3) is 0 Å². The number of anilines is 1. The van der Waals surface area contributed by atoms with Gasteiger partial charge < -0.3 is 20.3 Å². The van der Waals surface area contributed by atoms with Gasteiger partial charge in [-0.3, -0.25) is 0 Å². The number of ether oxygens (including phenoxy) is 1. The summed E-state index contributed by atoms with van der Waals surface area (Å²) in [5.74, 6) is -0.0587. The van der Waals surface area contributed by atoms with E-state index < -0.39 is 5.97 Å². The number of phenols is 2. The van der Waals surface area contributed by atoms with Gasteiger partial charge in [0, 0.05) is 33.7 Å². The van der Waals surface area contributed by atoms with Crippen molar-refractivity contribution in [1.82, 2.24) is 0 Å². The fourth-order valence-electron chi connectivity index (χ4n) is 5.27. The average Bonchev–Trinajstić information content (AvgIpc) is 3.03. The van der Waals surface area contributed by atoms with Gasteiger partial charge in [0.05, 0.1) is 5.02 Å². The summed E-state index contributed by atoms with van der Waals surface area (Å²) in [5.41, 5.74) is 1.49. The van der Waals surface area contributed by atoms with E-state index in [0.29, 0.717) is 23.7 Å². The molecule has 2 aromatic rings. The highest BCUT2D eigenvalue weighted by Crippen LogP contribution is 2.66. The van der Waals surface area contributed by atoms with Gasteiger partial charge in [-0.1, -0.05) is 48.3 Å². The largest absolute Gasteiger partial charge is 0.507 e. The highest BCUT2D eigenvalue weighted by molar-refractivity contribution is 9.10. The van der Waals surface area contributed by atoms with Gasteiger partial charge in [-0.15, -0.1) is 0 Å². The molecule has 0 amide bonds. The lowest BCUT2D eigenvalue weighted by atomic mass is 9.70. The predicted molar refractivity (Wildman–Crippen MR) is 125 cm³/mol. The normalized spacial score (nSPS) is 26.1. The van der Waals surface area contributed by atoms with E-state index in [4.69, 9.17) is 16.3 Å². The first-order valence-corrected chi connectivity index (χ1v) is 11.6. The van der Waals surface area contributed by atoms with Crippen molar-refractivity contribution in [2.45, 2.75) is 52.7 Å². The minimum Gasteiger partial charge on any atom is -0.507 e. The number of fused-ring (bicyclic) bond motifs is 2. The molecule has 0 aliphatic heterocycles. The van der Waals surface area contributed by atoms with Crippen molar-refractivity contribution in [2.75, 3.05) is 5.32 Å². The number of carbonyl (C=O) groups is 1. The Hall–Kier alpha value is -1.92. The molecule has 166 valence electrons. The van der Waals surface area contributed by atoms with Crippen molar-refractivity contribution in [3.05, 3.63) is 51.0 Å². The van der Waals surface area contributed by atoms with Crippen molar-refractivity contribution in [3.63, 3.8) is 0 Å². The van der Waals surface area contributed by atoms with Crippen molar-refractivity contribution in [1.29, 1.82) is 0 Å². The Bertz CT molecular complexity index is 1040. The second-order valence-corrected chi connectivity index (χ2v) is 10.8. The van der Waals surface area contributed by atoms with Crippen LogP contribution in [0.25, 0.3) is 0 Å². The first kappa shape index (κ1) is 22.3. The monoisotopic (exact) mass is 507 g/mol. The lowest BCUT2D eigenvalue weighted by Crippen LogP contribution is -2.38. The fraction of sp³-hybridized carbons (Fsp3) is 0.458. The van der Waals surface area contributed by atoms with Gasteiger partial charge in [0.1, 0.15) is 23.2 Å². The van der Waals surface area contributed by atoms with Crippen LogP contribution in [0.2, 0.25) is 5.02 Å². The molecule has 0 aromatic heterocycles. The molecule has 0 heterocycles. The molecule has 31 heavy (non-hydrogen) atoms. The van der Waals surface area contributed by atoms with Crippen LogP contribution in [-0.4, -0.2) is 22.3 Å². The van der Waals surface area contributed by atoms with Gasteiger partial charge in [-0.25, -0.2) is 4.79 Å². The minimum atomic E-state index is -0.491. The van der Waals surface area contributed by atoms with Gasteiger partial charge in [0.15, 0.2) is 0 Å². The molecule has 7 heteroatoms. The summed E-state index contributed by atoms with van der Waals surface area (Å²) in [5, 5.41) is 23.9. The van der Waals surface area contributed by atoms with E-state index in [1.165, 1.54) is 12.5 Å². The standard InChI is InChI=1S/C24H27BrClNO4/c1-23(2)14-6-7-24(23,3)20(9-14)31-22(30)17-5-4-16(11-19(17)28)27-12-13-8-15(25)10-18(26)21(13)29/h4-5,8,10-11,14,20,27-29H,6-7,9,12H2,1-3H3. The Morgan fingerprint density at radius 1 is 1.26 bits per heavy atom. The molecular weight excluding hydrogens is 482 g/mol. The third-order valence-electron chi connectivity index (χ3n) is 7.77. The van der Waals surface area contributed by atoms with Gasteiger partial charge >= 0.3 is 5.97 Å². The van der Waals surface area contributed by atoms with Crippen LogP contribution in [0, 0.1) is 16.7 Å². The van der Waals surface area contributed by atoms with E-state index in [2.05, 4.69) is 42.0 Å². The SMILES string of the molecule is CC1(C)C2CCC1(C)C(OC(=O)c1ccc(NCc3cc(Br)cc(Cl)c3O)cc1O)C2. The summed E-state index contributed by atoms with van der Waals surface area (Å²) in [4.78, 5) is 12.8. The number of halogens is 2. The molecule has 4 rings (SSSR count). The quantitative estimate of drug-likeness (QED) is 0.402. The summed E-state index contributed by atoms with van der Waals surface area (Å²) in [6.45, 7) is 7.05. The molecule has 2 aliphatic rings. The fourth-order valence-corrected chi connectivity index (χ4v) is 6.14. The van der Waals surface area contributed by atoms with Crippen molar-refractivity contribution < 1.29 is 19.7 Å². The number of nitrogens with one attached hydrogen (secondary N) is 1. The number of phenolic OH excluding ortho intramolecular Hbond substituents is 2. The molecule has 2 aliphatic carbocycles. The number of hydrogen-bond donors (Lipinski definition) is 3. The van der Waals surface area contributed by atoms with Crippen LogP contribution in [0.15, 0.2) is 34.8 Å². The van der Waals surface area contributed by atoms with E-state index in [0.717, 1.165) is 17.3 Å². The molecule has 3 unspecified atom stereocenters. The minimum absolute atomic E-state index is 0.00377. The highest BCUT2D eigenvalue weighted by Gasteiger charge is 2.62. The van der Waals surface area contributed by atoms with Crippen LogP contribution < -0.4 is 5.32 Å². The summed E-state index contributed by atoms with van der Waals surface area (Å²) in [7, 11) is 0. The molecule has 2 bridgehead atoms. The van der Waals surface area contributed by atoms with Crippen LogP contribution in [0.5, 0.6) is 11.5 Å². The number of benzene rings is 2. The third-order valence-corrected chi connectivity index (χ3v) is 8.52. The number of carbonyl (C=O) groups excluding carboxylic acids is 1. The van der Waals surface area contributed by atoms with Gasteiger partial charge in [-0.2, -0.15) is 0 Å². The molecule has 0 spiro atoms. The lowest BCUT2D eigenvalue weighted by molar-refractivity contribution is -0.0244. The van der Waals surface area contributed by atoms with E-state index in [1.807, 2.05) is 0 Å². The van der Waals surface area contributed by atoms with Crippen LogP contribution in [0.4, 0.5) is 5.69 Å². The molecule has 3 atom stereocenters. The van der Waals surface area contributed by atoms with Crippen LogP contribution in [-0.2, 0) is 11.3 Å². The van der Waals surface area contributed by atoms with Gasteiger partial charge in [-0.05, 0) is 54.9 Å². The number of aromatic hydroxyl groups is 2. The summed E-state index contributed by atoms with van der Waals surface area (Å²) >= 11 is 9.36. The second kappa shape index (κ2) is 7.89. The topological polar surface area (TPSA) is 78.8 Å². The molecule has 2 saturated carbocycles. The Morgan fingerprint density at radius 2 is 2.00 bits per heavy atom. The molecule has 3 N–H and O–H groups in total. The highest BCUT2D eigenvalue weighted by atomic mass is 79.9. The maximum Gasteiger partial charge on any atom is 0.342 e. The zero-order valence-electron chi connectivity index (χ0n) is 17.8. The van der Waals surface area contributed by atoms with Crippen LogP contribution in [0.1, 0.15) is 56.0 Å². The third kappa shape index (κ3) is 3.78. The first-order chi connectivity index (χ1) is 14.5. The number of hydrogen-bond acceptors (Lipinski definition) is 5. The number of rotatable bonds is 5. The molecule has 2 fully saturated rings. The second-order valence-electron chi connectivity index (χ2n) is 9.49. The summed E-state index contributed by atoms with van der Waals surface area (Å²) in [6, 6.07) is 8.13. The Labute approximate surface area is 195 Å². The van der Waals surface area contributed by atoms with Crippen molar-refractivity contribution in [3.8, 4) is 11.5 Å². The zero-order chi connectivity index (χ0) is 22.6. The van der Waals surface area contributed by atoms with E-state index >= 15 is 0 Å². The number of esters is 1. The molecule has 0 radical (unpaired) electrons. The molecule has 0 saturated heterocycles. The smallest absolute Gasteiger partial charge is 0.342 e. The first-order valence-electron chi connectivity index (χ1n) is 10.5. The Kier molecular flexibility index (Phi) is 5.67. The van der Waals surface area contributed by atoms with E-state index in [1.54, 1.807) is 24.3 Å². The maximum absolute atomic E-state index is 12.8. The molecule has 2 aromatic carbocycles. The zero-order valence-corrected chi connectivity index (χ0v) is 20.2. The molecule has 5 nitrogen and oxygen atoms in total. The average molecular weight is 509 g/mol.